The first-order valence-corrected chi connectivity index (χ1v) is 13.0. The van der Waals surface area contributed by atoms with Crippen LogP contribution < -0.4 is 15.4 Å². The molecule has 2 aliphatic rings. The van der Waals surface area contributed by atoms with E-state index in [0.717, 1.165) is 37.9 Å². The predicted molar refractivity (Wildman–Crippen MR) is 142 cm³/mol. The van der Waals surface area contributed by atoms with Crippen LogP contribution in [0.5, 0.6) is 0 Å². The monoisotopic (exact) mass is 498 g/mol. The number of aryl methyl sites for hydroxylation is 1. The fourth-order valence-electron chi connectivity index (χ4n) is 5.89. The fraction of sp³-hybridized carbons (Fsp3) is 0.448. The molecule has 0 bridgehead atoms. The number of pyridine rings is 2. The third-order valence-electron chi connectivity index (χ3n) is 8.29. The third-order valence-corrected chi connectivity index (χ3v) is 8.29. The molecule has 37 heavy (non-hydrogen) atoms. The lowest BCUT2D eigenvalue weighted by atomic mass is 9.83. The Labute approximate surface area is 216 Å². The molecular formula is C29H31FN6O. The Morgan fingerprint density at radius 1 is 1.00 bits per heavy atom. The lowest BCUT2D eigenvalue weighted by Gasteiger charge is -2.44. The molecule has 0 atom stereocenters. The van der Waals surface area contributed by atoms with Gasteiger partial charge in [-0.15, -0.1) is 0 Å². The Morgan fingerprint density at radius 2 is 1.68 bits per heavy atom. The Morgan fingerprint density at radius 3 is 2.27 bits per heavy atom. The third kappa shape index (κ3) is 4.64. The van der Waals surface area contributed by atoms with Crippen molar-refractivity contribution in [1.29, 1.82) is 10.5 Å². The fourth-order valence-corrected chi connectivity index (χ4v) is 5.89. The maximum atomic E-state index is 13.6. The first-order valence-electron chi connectivity index (χ1n) is 13.0. The van der Waals surface area contributed by atoms with E-state index in [1.807, 2.05) is 24.1 Å². The van der Waals surface area contributed by atoms with Crippen LogP contribution in [0.2, 0.25) is 0 Å². The number of halogens is 1. The first-order chi connectivity index (χ1) is 17.9. The molecular weight excluding hydrogens is 467 g/mol. The number of nitriles is 2. The summed E-state index contributed by atoms with van der Waals surface area (Å²) in [5.41, 5.74) is 2.62. The van der Waals surface area contributed by atoms with Gasteiger partial charge in [0.05, 0.1) is 11.2 Å². The summed E-state index contributed by atoms with van der Waals surface area (Å²) < 4.78 is 15.0. The zero-order chi connectivity index (χ0) is 26.1. The molecule has 7 nitrogen and oxygen atoms in total. The molecule has 0 aliphatic heterocycles. The topological polar surface area (TPSA) is 88.9 Å². The van der Waals surface area contributed by atoms with Crippen molar-refractivity contribution in [2.75, 3.05) is 23.4 Å². The van der Waals surface area contributed by atoms with Gasteiger partial charge in [-0.25, -0.2) is 9.37 Å². The second-order valence-electron chi connectivity index (χ2n) is 10.4. The van der Waals surface area contributed by atoms with Crippen molar-refractivity contribution in [1.82, 2.24) is 9.55 Å². The van der Waals surface area contributed by atoms with Crippen molar-refractivity contribution in [2.45, 2.75) is 57.0 Å². The second kappa shape index (κ2) is 10.2. The number of fused-ring (bicyclic) bond motifs is 1. The normalized spacial score (nSPS) is 19.6. The van der Waals surface area contributed by atoms with Crippen LogP contribution in [0, 0.1) is 34.4 Å². The van der Waals surface area contributed by atoms with Crippen LogP contribution in [0.15, 0.2) is 41.2 Å². The van der Waals surface area contributed by atoms with E-state index in [9.17, 15) is 19.7 Å². The zero-order valence-electron chi connectivity index (χ0n) is 21.3. The van der Waals surface area contributed by atoms with Gasteiger partial charge in [-0.05, 0) is 80.8 Å². The van der Waals surface area contributed by atoms with Gasteiger partial charge in [0.1, 0.15) is 34.7 Å². The Bertz CT molecular complexity index is 1440. The molecule has 2 heterocycles. The van der Waals surface area contributed by atoms with Gasteiger partial charge in [0, 0.05) is 38.4 Å². The zero-order valence-corrected chi connectivity index (χ0v) is 21.3. The molecule has 3 aromatic rings. The molecule has 0 saturated heterocycles. The predicted octanol–water partition coefficient (Wildman–Crippen LogP) is 4.87. The number of benzene rings is 1. The highest BCUT2D eigenvalue weighted by molar-refractivity contribution is 5.92. The molecule has 2 aromatic heterocycles. The van der Waals surface area contributed by atoms with E-state index >= 15 is 0 Å². The van der Waals surface area contributed by atoms with E-state index in [1.54, 1.807) is 19.2 Å². The highest BCUT2D eigenvalue weighted by Gasteiger charge is 2.32. The average molecular weight is 499 g/mol. The van der Waals surface area contributed by atoms with Gasteiger partial charge in [0.15, 0.2) is 0 Å². The number of rotatable bonds is 6. The number of hydrogen-bond acceptors (Lipinski definition) is 6. The summed E-state index contributed by atoms with van der Waals surface area (Å²) in [7, 11) is 3.55. The summed E-state index contributed by atoms with van der Waals surface area (Å²) in [5.74, 6) is 0.469. The summed E-state index contributed by atoms with van der Waals surface area (Å²) >= 11 is 0. The number of aromatic nitrogens is 2. The Balaban J connectivity index is 1.42. The molecule has 0 unspecified atom stereocenters. The Kier molecular flexibility index (Phi) is 6.84. The molecule has 0 N–H and O–H groups in total. The number of nitrogens with zero attached hydrogens (tertiary/aromatic N) is 6. The maximum absolute atomic E-state index is 13.6. The molecule has 2 saturated carbocycles. The van der Waals surface area contributed by atoms with Gasteiger partial charge >= 0.3 is 0 Å². The molecule has 0 amide bonds. The van der Waals surface area contributed by atoms with Crippen molar-refractivity contribution >= 4 is 22.4 Å². The van der Waals surface area contributed by atoms with Crippen molar-refractivity contribution in [3.63, 3.8) is 0 Å². The number of hydrogen-bond donors (Lipinski definition) is 0. The Hall–Kier alpha value is -3.91. The van der Waals surface area contributed by atoms with Gasteiger partial charge in [0.2, 0.25) is 0 Å². The molecule has 190 valence electrons. The minimum absolute atomic E-state index is 0.0557. The second-order valence-corrected chi connectivity index (χ2v) is 10.4. The summed E-state index contributed by atoms with van der Waals surface area (Å²) in [4.78, 5) is 22.0. The van der Waals surface area contributed by atoms with Crippen LogP contribution in [-0.4, -0.2) is 35.2 Å². The van der Waals surface area contributed by atoms with Gasteiger partial charge in [-0.3, -0.25) is 4.79 Å². The van der Waals surface area contributed by atoms with Gasteiger partial charge in [-0.1, -0.05) is 6.42 Å². The number of anilines is 2. The molecule has 2 fully saturated rings. The first kappa shape index (κ1) is 24.8. The summed E-state index contributed by atoms with van der Waals surface area (Å²) in [5, 5.41) is 19.3. The minimum Gasteiger partial charge on any atom is -0.369 e. The molecule has 0 radical (unpaired) electrons. The van der Waals surface area contributed by atoms with Crippen molar-refractivity contribution in [3.05, 3.63) is 63.8 Å². The lowest BCUT2D eigenvalue weighted by molar-refractivity contribution is 0.291. The minimum atomic E-state index is -0.361. The van der Waals surface area contributed by atoms with Crippen LogP contribution in [0.3, 0.4) is 0 Å². The molecule has 1 aromatic carbocycles. The molecule has 2 aliphatic carbocycles. The molecule has 0 spiro atoms. The van der Waals surface area contributed by atoms with Crippen molar-refractivity contribution in [2.24, 2.45) is 13.0 Å². The van der Waals surface area contributed by atoms with E-state index in [4.69, 9.17) is 0 Å². The average Bonchev–Trinajstić information content (AvgIpc) is 2.90. The SMILES string of the molecule is CN(c1c(C#N)c(=O)n(C)c2ccc(C#N)nc12)C1CCC(N(CC2CCC2)c2ccc(F)cc2)CC1. The van der Waals surface area contributed by atoms with Gasteiger partial charge in [-0.2, -0.15) is 10.5 Å². The van der Waals surface area contributed by atoms with Crippen LogP contribution in [0.25, 0.3) is 11.0 Å². The maximum Gasteiger partial charge on any atom is 0.270 e. The van der Waals surface area contributed by atoms with Crippen LogP contribution in [-0.2, 0) is 7.05 Å². The summed E-state index contributed by atoms with van der Waals surface area (Å²) in [6.45, 7) is 0.996. The van der Waals surface area contributed by atoms with E-state index in [-0.39, 0.29) is 28.7 Å². The molecule has 5 rings (SSSR count). The lowest BCUT2D eigenvalue weighted by Crippen LogP contribution is -2.46. The smallest absolute Gasteiger partial charge is 0.270 e. The van der Waals surface area contributed by atoms with Crippen LogP contribution >= 0.6 is 0 Å². The molecule has 8 heteroatoms. The van der Waals surface area contributed by atoms with E-state index < -0.39 is 0 Å². The van der Waals surface area contributed by atoms with Gasteiger partial charge < -0.3 is 14.4 Å². The van der Waals surface area contributed by atoms with E-state index in [0.29, 0.717) is 28.7 Å². The van der Waals surface area contributed by atoms with Crippen molar-refractivity contribution in [3.8, 4) is 12.1 Å². The summed E-state index contributed by atoms with van der Waals surface area (Å²) in [6.07, 6.45) is 7.49. The van der Waals surface area contributed by atoms with Crippen molar-refractivity contribution < 1.29 is 4.39 Å². The van der Waals surface area contributed by atoms with E-state index in [1.165, 1.54) is 36.0 Å². The summed E-state index contributed by atoms with van der Waals surface area (Å²) in [6, 6.07) is 14.8. The van der Waals surface area contributed by atoms with Gasteiger partial charge in [0.25, 0.3) is 5.56 Å². The highest BCUT2D eigenvalue weighted by atomic mass is 19.1. The standard InChI is InChI=1S/C29H31FN6O/c1-34(28-25(17-32)29(37)35(2)26-15-8-21(16-31)33-27(26)28)22-11-13-24(14-12-22)36(18-19-4-3-5-19)23-9-6-20(30)7-10-23/h6-10,15,19,22,24H,3-5,11-14,18H2,1-2H3. The van der Waals surface area contributed by atoms with Crippen LogP contribution in [0.1, 0.15) is 56.2 Å². The largest absolute Gasteiger partial charge is 0.369 e. The van der Waals surface area contributed by atoms with Crippen LogP contribution in [0.4, 0.5) is 15.8 Å². The highest BCUT2D eigenvalue weighted by Crippen LogP contribution is 2.36. The quantitative estimate of drug-likeness (QED) is 0.482. The van der Waals surface area contributed by atoms with E-state index in [2.05, 4.69) is 22.0 Å².